The van der Waals surface area contributed by atoms with E-state index in [-0.39, 0.29) is 18.0 Å². The van der Waals surface area contributed by atoms with Crippen LogP contribution >= 0.6 is 0 Å². The molecule has 0 bridgehead atoms. The van der Waals surface area contributed by atoms with Gasteiger partial charge in [-0.3, -0.25) is 9.59 Å². The Balaban J connectivity index is 1.50. The Morgan fingerprint density at radius 1 is 0.966 bits per heavy atom. The van der Waals surface area contributed by atoms with Crippen LogP contribution in [-0.4, -0.2) is 33.0 Å². The molecule has 4 aromatic rings. The molecular formula is C22H18N4O3. The fraction of sp³-hybridized carbons (Fsp3) is 0.0909. The van der Waals surface area contributed by atoms with E-state index in [4.69, 9.17) is 4.52 Å². The van der Waals surface area contributed by atoms with Gasteiger partial charge in [0.05, 0.1) is 0 Å². The normalized spacial score (nSPS) is 10.7. The van der Waals surface area contributed by atoms with Crippen molar-refractivity contribution in [1.82, 2.24) is 20.0 Å². The Labute approximate surface area is 166 Å². The average Bonchev–Trinajstić information content (AvgIpc) is 3.23. The minimum atomic E-state index is -0.446. The summed E-state index contributed by atoms with van der Waals surface area (Å²) in [7, 11) is 1.58. The van der Waals surface area contributed by atoms with Crippen LogP contribution in [0.5, 0.6) is 0 Å². The van der Waals surface area contributed by atoms with Gasteiger partial charge in [0.25, 0.3) is 11.5 Å². The summed E-state index contributed by atoms with van der Waals surface area (Å²) in [5.41, 5.74) is 1.95. The van der Waals surface area contributed by atoms with E-state index >= 15 is 0 Å². The number of pyridine rings is 1. The molecule has 0 saturated heterocycles. The fourth-order valence-electron chi connectivity index (χ4n) is 2.93. The molecule has 7 nitrogen and oxygen atoms in total. The van der Waals surface area contributed by atoms with Crippen LogP contribution < -0.4 is 5.56 Å². The van der Waals surface area contributed by atoms with Gasteiger partial charge in [0.1, 0.15) is 12.1 Å². The number of hydrogen-bond acceptors (Lipinski definition) is 5. The number of H-pyrrole nitrogens is 1. The molecule has 0 fully saturated rings. The highest BCUT2D eigenvalue weighted by Gasteiger charge is 2.19. The van der Waals surface area contributed by atoms with Gasteiger partial charge < -0.3 is 14.4 Å². The maximum absolute atomic E-state index is 12.7. The molecule has 2 heterocycles. The molecule has 1 N–H and O–H groups in total. The SMILES string of the molecule is CN(Cc1nc(-c2ccccc2)no1)C(=O)c1ccc(-c2ccccc2)[nH]c1=O. The van der Waals surface area contributed by atoms with E-state index in [2.05, 4.69) is 15.1 Å². The lowest BCUT2D eigenvalue weighted by molar-refractivity contribution is 0.0768. The van der Waals surface area contributed by atoms with Crippen LogP contribution in [0.15, 0.2) is 82.1 Å². The fourth-order valence-corrected chi connectivity index (χ4v) is 2.93. The van der Waals surface area contributed by atoms with Crippen LogP contribution in [0.25, 0.3) is 22.6 Å². The maximum Gasteiger partial charge on any atom is 0.261 e. The van der Waals surface area contributed by atoms with E-state index in [9.17, 15) is 9.59 Å². The number of carbonyl (C=O) groups is 1. The van der Waals surface area contributed by atoms with Gasteiger partial charge in [-0.15, -0.1) is 0 Å². The summed E-state index contributed by atoms with van der Waals surface area (Å²) in [5, 5.41) is 3.94. The Morgan fingerprint density at radius 3 is 2.28 bits per heavy atom. The van der Waals surface area contributed by atoms with Crippen molar-refractivity contribution in [3.05, 3.63) is 94.6 Å². The van der Waals surface area contributed by atoms with Crippen LogP contribution in [0.3, 0.4) is 0 Å². The Morgan fingerprint density at radius 2 is 1.62 bits per heavy atom. The second kappa shape index (κ2) is 7.93. The molecule has 4 rings (SSSR count). The van der Waals surface area contributed by atoms with Crippen molar-refractivity contribution in [2.24, 2.45) is 0 Å². The van der Waals surface area contributed by atoms with E-state index in [1.54, 1.807) is 13.1 Å². The molecule has 0 unspecified atom stereocenters. The van der Waals surface area contributed by atoms with E-state index in [1.165, 1.54) is 11.0 Å². The number of nitrogens with zero attached hydrogens (tertiary/aromatic N) is 3. The Bertz CT molecular complexity index is 1180. The quantitative estimate of drug-likeness (QED) is 0.568. The third-order valence-electron chi connectivity index (χ3n) is 4.44. The second-order valence-electron chi connectivity index (χ2n) is 6.52. The van der Waals surface area contributed by atoms with Gasteiger partial charge >= 0.3 is 0 Å². The van der Waals surface area contributed by atoms with Gasteiger partial charge in [-0.1, -0.05) is 65.8 Å². The first-order valence-electron chi connectivity index (χ1n) is 9.04. The first-order chi connectivity index (χ1) is 14.1. The van der Waals surface area contributed by atoms with Gasteiger partial charge in [0, 0.05) is 18.3 Å². The molecule has 0 aliphatic carbocycles. The number of nitrogens with one attached hydrogen (secondary N) is 1. The molecule has 0 aliphatic rings. The number of rotatable bonds is 5. The maximum atomic E-state index is 12.7. The van der Waals surface area contributed by atoms with Crippen molar-refractivity contribution >= 4 is 5.91 Å². The number of amides is 1. The zero-order valence-electron chi connectivity index (χ0n) is 15.7. The van der Waals surface area contributed by atoms with Crippen molar-refractivity contribution in [2.75, 3.05) is 7.05 Å². The number of benzene rings is 2. The highest BCUT2D eigenvalue weighted by atomic mass is 16.5. The van der Waals surface area contributed by atoms with E-state index in [0.29, 0.717) is 11.5 Å². The summed E-state index contributed by atoms with van der Waals surface area (Å²) in [5.74, 6) is 0.314. The van der Waals surface area contributed by atoms with E-state index in [1.807, 2.05) is 60.7 Å². The summed E-state index contributed by atoms with van der Waals surface area (Å²) < 4.78 is 5.24. The Kier molecular flexibility index (Phi) is 5.03. The molecule has 29 heavy (non-hydrogen) atoms. The van der Waals surface area contributed by atoms with Crippen LogP contribution in [-0.2, 0) is 6.54 Å². The Hall–Kier alpha value is -4.00. The molecular weight excluding hydrogens is 368 g/mol. The lowest BCUT2D eigenvalue weighted by Crippen LogP contribution is -2.31. The molecule has 0 aliphatic heterocycles. The molecule has 2 aromatic heterocycles. The molecule has 2 aromatic carbocycles. The first-order valence-corrected chi connectivity index (χ1v) is 9.04. The number of hydrogen-bond donors (Lipinski definition) is 1. The molecule has 144 valence electrons. The van der Waals surface area contributed by atoms with Crippen molar-refractivity contribution in [3.8, 4) is 22.6 Å². The highest BCUT2D eigenvalue weighted by Crippen LogP contribution is 2.17. The monoisotopic (exact) mass is 386 g/mol. The molecule has 0 radical (unpaired) electrons. The lowest BCUT2D eigenvalue weighted by atomic mass is 10.1. The smallest absolute Gasteiger partial charge is 0.261 e. The predicted molar refractivity (Wildman–Crippen MR) is 108 cm³/mol. The lowest BCUT2D eigenvalue weighted by Gasteiger charge is -2.14. The average molecular weight is 386 g/mol. The van der Waals surface area contributed by atoms with Crippen molar-refractivity contribution < 1.29 is 9.32 Å². The number of carbonyl (C=O) groups excluding carboxylic acids is 1. The van der Waals surface area contributed by atoms with Crippen molar-refractivity contribution in [3.63, 3.8) is 0 Å². The van der Waals surface area contributed by atoms with Crippen LogP contribution in [0.1, 0.15) is 16.2 Å². The first kappa shape index (κ1) is 18.4. The third kappa shape index (κ3) is 3.98. The van der Waals surface area contributed by atoms with Crippen LogP contribution in [0.2, 0.25) is 0 Å². The van der Waals surface area contributed by atoms with Gasteiger partial charge in [0.15, 0.2) is 0 Å². The molecule has 0 spiro atoms. The minimum absolute atomic E-state index is 0.0509. The summed E-state index contributed by atoms with van der Waals surface area (Å²) in [6, 6.07) is 22.1. The topological polar surface area (TPSA) is 92.1 Å². The predicted octanol–water partition coefficient (Wildman–Crippen LogP) is 3.36. The molecule has 1 amide bonds. The summed E-state index contributed by atoms with van der Waals surface area (Å²) in [6.45, 7) is 0.0958. The number of aromatic amines is 1. The van der Waals surface area contributed by atoms with Gasteiger partial charge in [-0.2, -0.15) is 4.98 Å². The van der Waals surface area contributed by atoms with Crippen LogP contribution in [0, 0.1) is 0 Å². The van der Waals surface area contributed by atoms with Gasteiger partial charge in [-0.25, -0.2) is 0 Å². The van der Waals surface area contributed by atoms with E-state index in [0.717, 1.165) is 11.1 Å². The molecule has 7 heteroatoms. The van der Waals surface area contributed by atoms with Crippen LogP contribution in [0.4, 0.5) is 0 Å². The zero-order chi connectivity index (χ0) is 20.2. The van der Waals surface area contributed by atoms with Crippen molar-refractivity contribution in [2.45, 2.75) is 6.54 Å². The summed E-state index contributed by atoms with van der Waals surface area (Å²) >= 11 is 0. The van der Waals surface area contributed by atoms with Crippen molar-refractivity contribution in [1.29, 1.82) is 0 Å². The largest absolute Gasteiger partial charge is 0.337 e. The van der Waals surface area contributed by atoms with Gasteiger partial charge in [-0.05, 0) is 17.7 Å². The summed E-state index contributed by atoms with van der Waals surface area (Å²) in [6.07, 6.45) is 0. The van der Waals surface area contributed by atoms with Gasteiger partial charge in [0.2, 0.25) is 11.7 Å². The third-order valence-corrected chi connectivity index (χ3v) is 4.44. The summed E-state index contributed by atoms with van der Waals surface area (Å²) in [4.78, 5) is 33.6. The van der Waals surface area contributed by atoms with E-state index < -0.39 is 11.5 Å². The highest BCUT2D eigenvalue weighted by molar-refractivity contribution is 5.93. The molecule has 0 saturated carbocycles. The molecule has 0 atom stereocenters. The number of aromatic nitrogens is 3. The zero-order valence-corrected chi connectivity index (χ0v) is 15.7. The standard InChI is InChI=1S/C22H18N4O3/c1-26(14-19-24-20(25-29-19)16-10-6-3-7-11-16)22(28)17-12-13-18(23-21(17)27)15-8-4-2-5-9-15/h2-13H,14H2,1H3,(H,23,27). The minimum Gasteiger partial charge on any atom is -0.337 e. The second-order valence-corrected chi connectivity index (χ2v) is 6.52.